The summed E-state index contributed by atoms with van der Waals surface area (Å²) in [5, 5.41) is 18.8. The van der Waals surface area contributed by atoms with Gasteiger partial charge >= 0.3 is 11.9 Å². The van der Waals surface area contributed by atoms with Gasteiger partial charge in [0.1, 0.15) is 0 Å². The van der Waals surface area contributed by atoms with Crippen LogP contribution in [-0.4, -0.2) is 60.0 Å². The van der Waals surface area contributed by atoms with Crippen LogP contribution in [0.5, 0.6) is 0 Å². The van der Waals surface area contributed by atoms with Gasteiger partial charge in [-0.25, -0.2) is 0 Å². The monoisotopic (exact) mass is 515 g/mol. The number of hydrogen-bond acceptors (Lipinski definition) is 8. The Kier molecular flexibility index (Phi) is 12.5. The summed E-state index contributed by atoms with van der Waals surface area (Å²) in [5.74, 6) is -2.89. The molecule has 0 atom stereocenters. The van der Waals surface area contributed by atoms with E-state index in [0.29, 0.717) is 5.56 Å². The van der Waals surface area contributed by atoms with Gasteiger partial charge in [-0.05, 0) is 56.0 Å². The lowest BCUT2D eigenvalue weighted by Gasteiger charge is -2.23. The summed E-state index contributed by atoms with van der Waals surface area (Å²) in [5.41, 5.74) is 11.5. The fraction of sp³-hybridized carbons (Fsp3) is 0.545. The number of fused-ring (bicyclic) bond motifs is 2. The number of unbranched alkanes of at least 4 members (excludes halogenated alkanes) is 5. The van der Waals surface area contributed by atoms with Crippen molar-refractivity contribution < 1.29 is 42.4 Å². The summed E-state index contributed by atoms with van der Waals surface area (Å²) in [7, 11) is -4.57. The normalized spacial score (nSPS) is 12.5. The van der Waals surface area contributed by atoms with E-state index in [1.165, 1.54) is 0 Å². The number of carboxylic acids is 2. The van der Waals surface area contributed by atoms with E-state index < -0.39 is 38.8 Å². The van der Waals surface area contributed by atoms with Gasteiger partial charge in [0.25, 0.3) is 21.9 Å². The first kappa shape index (κ1) is 30.2. The lowest BCUT2D eigenvalue weighted by atomic mass is 9.88. The van der Waals surface area contributed by atoms with E-state index in [4.69, 9.17) is 21.7 Å². The Hall–Kier alpha value is -2.87. The Morgan fingerprint density at radius 1 is 0.800 bits per heavy atom. The molecule has 196 valence electrons. The van der Waals surface area contributed by atoms with Crippen LogP contribution < -0.4 is 16.8 Å². The first-order valence-electron chi connectivity index (χ1n) is 11.3. The van der Waals surface area contributed by atoms with Crippen LogP contribution in [0.4, 0.5) is 0 Å². The molecule has 8 N–H and O–H groups in total. The van der Waals surface area contributed by atoms with Gasteiger partial charge in [-0.3, -0.25) is 29.0 Å². The SMILES string of the molecule is NCCc1c2cc(S(=O)(=O)O)c(CCN)c1C(=O)NC2=O.O=C(O)CCCCCCCCC(=O)O. The van der Waals surface area contributed by atoms with Gasteiger partial charge in [0.15, 0.2) is 0 Å². The van der Waals surface area contributed by atoms with E-state index in [1.807, 2.05) is 0 Å². The van der Waals surface area contributed by atoms with Gasteiger partial charge < -0.3 is 21.7 Å². The zero-order valence-electron chi connectivity index (χ0n) is 19.4. The van der Waals surface area contributed by atoms with E-state index in [9.17, 15) is 32.1 Å². The molecule has 0 aromatic heterocycles. The molecule has 0 radical (unpaired) electrons. The van der Waals surface area contributed by atoms with Crippen LogP contribution in [0.25, 0.3) is 0 Å². The average Bonchev–Trinajstić information content (AvgIpc) is 2.74. The summed E-state index contributed by atoms with van der Waals surface area (Å²) in [4.78, 5) is 43.7. The molecule has 1 aromatic rings. The third kappa shape index (κ3) is 9.72. The van der Waals surface area contributed by atoms with Crippen LogP contribution in [0.2, 0.25) is 0 Å². The molecular formula is C22H33N3O9S. The predicted molar refractivity (Wildman–Crippen MR) is 126 cm³/mol. The highest BCUT2D eigenvalue weighted by molar-refractivity contribution is 7.85. The lowest BCUT2D eigenvalue weighted by Crippen LogP contribution is -2.39. The molecule has 1 aliphatic rings. The molecule has 0 aliphatic carbocycles. The molecule has 0 saturated carbocycles. The Morgan fingerprint density at radius 3 is 1.69 bits per heavy atom. The maximum absolute atomic E-state index is 12.0. The number of aliphatic carboxylic acids is 2. The fourth-order valence-electron chi connectivity index (χ4n) is 3.74. The molecule has 0 fully saturated rings. The van der Waals surface area contributed by atoms with Gasteiger partial charge in [-0.2, -0.15) is 8.42 Å². The van der Waals surface area contributed by atoms with Crippen LogP contribution in [-0.2, 0) is 32.5 Å². The van der Waals surface area contributed by atoms with Crippen LogP contribution >= 0.6 is 0 Å². The molecule has 2 rings (SSSR count). The van der Waals surface area contributed by atoms with Crippen molar-refractivity contribution in [1.82, 2.24) is 5.32 Å². The second kappa shape index (κ2) is 14.5. The topological polar surface area (TPSA) is 227 Å². The van der Waals surface area contributed by atoms with Crippen molar-refractivity contribution in [3.63, 3.8) is 0 Å². The number of benzene rings is 1. The molecule has 0 spiro atoms. The largest absolute Gasteiger partial charge is 0.481 e. The molecule has 1 heterocycles. The van der Waals surface area contributed by atoms with Gasteiger partial charge in [-0.15, -0.1) is 0 Å². The standard InChI is InChI=1S/C12H15N3O5S.C10H18O4/c13-3-1-6-8-5-9(21(18,19)20)7(2-4-14)10(6)12(17)15-11(8)16;11-9(12)7-5-3-1-2-4-6-8-10(13)14/h5H,1-4,13-14H2,(H,15,16,17)(H,18,19,20);1-8H2,(H,11,12)(H,13,14). The Morgan fingerprint density at radius 2 is 1.26 bits per heavy atom. The van der Waals surface area contributed by atoms with Crippen molar-refractivity contribution in [3.8, 4) is 0 Å². The molecule has 1 aromatic carbocycles. The first-order chi connectivity index (χ1) is 16.4. The van der Waals surface area contributed by atoms with Crippen molar-refractivity contribution in [3.05, 3.63) is 28.3 Å². The number of carboxylic acid groups (broad SMARTS) is 2. The summed E-state index contributed by atoms with van der Waals surface area (Å²) in [6.45, 7) is 0.270. The van der Waals surface area contributed by atoms with Crippen LogP contribution in [0.1, 0.15) is 83.2 Å². The molecule has 35 heavy (non-hydrogen) atoms. The molecule has 13 heteroatoms. The molecule has 12 nitrogen and oxygen atoms in total. The second-order valence-corrected chi connectivity index (χ2v) is 9.39. The number of nitrogens with two attached hydrogens (primary N) is 2. The number of hydrogen-bond donors (Lipinski definition) is 6. The highest BCUT2D eigenvalue weighted by Crippen LogP contribution is 2.30. The summed E-state index contributed by atoms with van der Waals surface area (Å²) in [6.07, 6.45) is 6.14. The Labute approximate surface area is 203 Å². The van der Waals surface area contributed by atoms with Gasteiger partial charge in [0.2, 0.25) is 0 Å². The highest BCUT2D eigenvalue weighted by Gasteiger charge is 2.33. The predicted octanol–water partition coefficient (Wildman–Crippen LogP) is 1.10. The minimum Gasteiger partial charge on any atom is -0.481 e. The summed E-state index contributed by atoms with van der Waals surface area (Å²) >= 11 is 0. The number of nitrogens with one attached hydrogen (secondary N) is 1. The molecule has 0 saturated heterocycles. The van der Waals surface area contributed by atoms with Crippen LogP contribution in [0, 0.1) is 0 Å². The maximum atomic E-state index is 12.0. The van der Waals surface area contributed by atoms with Crippen molar-refractivity contribution in [2.45, 2.75) is 69.1 Å². The third-order valence-corrected chi connectivity index (χ3v) is 6.22. The number of carbonyl (C=O) groups excluding carboxylic acids is 2. The van der Waals surface area contributed by atoms with Crippen molar-refractivity contribution in [1.29, 1.82) is 0 Å². The number of carbonyl (C=O) groups is 4. The zero-order chi connectivity index (χ0) is 26.6. The van der Waals surface area contributed by atoms with E-state index in [-0.39, 0.29) is 55.5 Å². The van der Waals surface area contributed by atoms with Gasteiger partial charge in [0.05, 0.1) is 4.90 Å². The molecule has 0 unspecified atom stereocenters. The van der Waals surface area contributed by atoms with Crippen LogP contribution in [0.15, 0.2) is 11.0 Å². The number of imide groups is 1. The molecule has 2 bridgehead atoms. The lowest BCUT2D eigenvalue weighted by molar-refractivity contribution is -0.138. The molecule has 1 aliphatic heterocycles. The Bertz CT molecular complexity index is 1020. The van der Waals surface area contributed by atoms with Crippen molar-refractivity contribution >= 4 is 33.9 Å². The van der Waals surface area contributed by atoms with Crippen molar-refractivity contribution in [2.75, 3.05) is 13.1 Å². The smallest absolute Gasteiger partial charge is 0.303 e. The van der Waals surface area contributed by atoms with Gasteiger partial charge in [-0.1, -0.05) is 25.7 Å². The second-order valence-electron chi connectivity index (χ2n) is 8.00. The number of rotatable bonds is 14. The average molecular weight is 516 g/mol. The van der Waals surface area contributed by atoms with E-state index in [1.54, 1.807) is 0 Å². The molecular weight excluding hydrogens is 482 g/mol. The quantitative estimate of drug-likeness (QED) is 0.117. The summed E-state index contributed by atoms with van der Waals surface area (Å²) < 4.78 is 32.3. The van der Waals surface area contributed by atoms with Gasteiger partial charge in [0, 0.05) is 24.0 Å². The number of amides is 2. The minimum atomic E-state index is -4.57. The molecule has 2 amide bonds. The maximum Gasteiger partial charge on any atom is 0.303 e. The zero-order valence-corrected chi connectivity index (χ0v) is 20.2. The fourth-order valence-corrected chi connectivity index (χ4v) is 4.52. The minimum absolute atomic E-state index is 0.0310. The summed E-state index contributed by atoms with van der Waals surface area (Å²) in [6, 6.07) is 1.07. The third-order valence-electron chi connectivity index (χ3n) is 5.30. The first-order valence-corrected chi connectivity index (χ1v) is 12.7. The van der Waals surface area contributed by atoms with E-state index >= 15 is 0 Å². The van der Waals surface area contributed by atoms with Crippen molar-refractivity contribution in [2.24, 2.45) is 11.5 Å². The van der Waals surface area contributed by atoms with Crippen LogP contribution in [0.3, 0.4) is 0 Å². The Balaban J connectivity index is 0.000000383. The van der Waals surface area contributed by atoms with E-state index in [2.05, 4.69) is 5.32 Å². The van der Waals surface area contributed by atoms with E-state index in [0.717, 1.165) is 44.6 Å². The highest BCUT2D eigenvalue weighted by atomic mass is 32.2.